The van der Waals surface area contributed by atoms with Gasteiger partial charge in [-0.15, -0.1) is 0 Å². The van der Waals surface area contributed by atoms with Crippen LogP contribution in [0.15, 0.2) is 41.3 Å². The number of aryl methyl sites for hydroxylation is 3. The van der Waals surface area contributed by atoms with Gasteiger partial charge in [0.05, 0.1) is 17.7 Å². The first-order valence-corrected chi connectivity index (χ1v) is 9.14. The van der Waals surface area contributed by atoms with Crippen molar-refractivity contribution >= 4 is 15.7 Å². The van der Waals surface area contributed by atoms with Crippen LogP contribution in [-0.2, 0) is 16.4 Å². The van der Waals surface area contributed by atoms with E-state index in [0.29, 0.717) is 11.4 Å². The molecule has 3 rings (SSSR count). The highest BCUT2D eigenvalue weighted by molar-refractivity contribution is 7.92. The van der Waals surface area contributed by atoms with Crippen molar-refractivity contribution in [1.29, 1.82) is 0 Å². The Kier molecular flexibility index (Phi) is 4.06. The van der Waals surface area contributed by atoms with Gasteiger partial charge in [0.2, 0.25) is 0 Å². The average Bonchev–Trinajstić information content (AvgIpc) is 2.55. The van der Waals surface area contributed by atoms with Crippen LogP contribution in [0.25, 0.3) is 0 Å². The monoisotopic (exact) mass is 331 g/mol. The molecule has 2 aromatic carbocycles. The highest BCUT2D eigenvalue weighted by Gasteiger charge is 2.30. The Morgan fingerprint density at radius 3 is 2.61 bits per heavy atom. The van der Waals surface area contributed by atoms with E-state index in [4.69, 9.17) is 4.74 Å². The summed E-state index contributed by atoms with van der Waals surface area (Å²) in [7, 11) is -1.94. The largest absolute Gasteiger partial charge is 0.497 e. The Labute approximate surface area is 137 Å². The molecule has 0 saturated heterocycles. The van der Waals surface area contributed by atoms with Gasteiger partial charge in [0.25, 0.3) is 10.0 Å². The molecule has 122 valence electrons. The van der Waals surface area contributed by atoms with Crippen LogP contribution in [0.5, 0.6) is 5.75 Å². The first-order chi connectivity index (χ1) is 10.9. The predicted molar refractivity (Wildman–Crippen MR) is 91.8 cm³/mol. The lowest BCUT2D eigenvalue weighted by molar-refractivity contribution is 0.414. The number of sulfonamides is 1. The number of rotatable bonds is 3. The predicted octanol–water partition coefficient (Wildman–Crippen LogP) is 3.45. The summed E-state index contributed by atoms with van der Waals surface area (Å²) in [6.45, 7) is 4.26. The summed E-state index contributed by atoms with van der Waals surface area (Å²) in [5, 5.41) is 0. The molecule has 0 saturated carbocycles. The molecule has 5 heteroatoms. The van der Waals surface area contributed by atoms with Gasteiger partial charge in [-0.3, -0.25) is 4.31 Å². The first kappa shape index (κ1) is 15.9. The molecule has 1 aliphatic rings. The Balaban J connectivity index is 2.11. The lowest BCUT2D eigenvalue weighted by Gasteiger charge is -2.31. The zero-order valence-corrected chi connectivity index (χ0v) is 14.5. The number of hydrogen-bond donors (Lipinski definition) is 0. The molecule has 0 amide bonds. The molecule has 4 nitrogen and oxygen atoms in total. The normalized spacial score (nSPS) is 14.5. The minimum absolute atomic E-state index is 0.390. The van der Waals surface area contributed by atoms with E-state index in [1.807, 2.05) is 44.2 Å². The molecule has 0 unspecified atom stereocenters. The van der Waals surface area contributed by atoms with Crippen LogP contribution in [0, 0.1) is 13.8 Å². The number of nitrogens with zero attached hydrogens (tertiary/aromatic N) is 1. The van der Waals surface area contributed by atoms with Crippen molar-refractivity contribution < 1.29 is 13.2 Å². The molecule has 2 aromatic rings. The van der Waals surface area contributed by atoms with Gasteiger partial charge in [0.1, 0.15) is 5.75 Å². The number of anilines is 1. The topological polar surface area (TPSA) is 46.6 Å². The molecular formula is C18H21NO3S. The Morgan fingerprint density at radius 1 is 1.09 bits per heavy atom. The number of fused-ring (bicyclic) bond motifs is 1. The molecule has 0 atom stereocenters. The second-order valence-corrected chi connectivity index (χ2v) is 7.78. The Hall–Kier alpha value is -2.01. The van der Waals surface area contributed by atoms with Gasteiger partial charge in [0, 0.05) is 6.54 Å². The summed E-state index contributed by atoms with van der Waals surface area (Å²) in [4.78, 5) is 0.390. The van der Waals surface area contributed by atoms with Gasteiger partial charge in [-0.05, 0) is 67.6 Å². The van der Waals surface area contributed by atoms with Crippen molar-refractivity contribution in [3.8, 4) is 5.75 Å². The van der Waals surface area contributed by atoms with Crippen molar-refractivity contribution in [2.24, 2.45) is 0 Å². The van der Waals surface area contributed by atoms with E-state index in [-0.39, 0.29) is 0 Å². The van der Waals surface area contributed by atoms with E-state index >= 15 is 0 Å². The minimum Gasteiger partial charge on any atom is -0.497 e. The standard InChI is InChI=1S/C18H21NO3S/c1-13-6-7-14(2)18(11-13)23(20,21)19-10-4-5-15-12-16(22-3)8-9-17(15)19/h6-9,11-12H,4-5,10H2,1-3H3. The summed E-state index contributed by atoms with van der Waals surface area (Å²) in [6.07, 6.45) is 1.68. The fourth-order valence-electron chi connectivity index (χ4n) is 3.02. The Morgan fingerprint density at radius 2 is 1.87 bits per heavy atom. The van der Waals surface area contributed by atoms with Crippen LogP contribution in [-0.4, -0.2) is 22.1 Å². The van der Waals surface area contributed by atoms with Gasteiger partial charge in [-0.25, -0.2) is 8.42 Å². The molecule has 0 aromatic heterocycles. The fourth-order valence-corrected chi connectivity index (χ4v) is 4.87. The van der Waals surface area contributed by atoms with E-state index in [9.17, 15) is 8.42 Å². The van der Waals surface area contributed by atoms with Crippen molar-refractivity contribution in [3.05, 3.63) is 53.1 Å². The second-order valence-electron chi connectivity index (χ2n) is 5.94. The lowest BCUT2D eigenvalue weighted by Crippen LogP contribution is -2.35. The van der Waals surface area contributed by atoms with Crippen molar-refractivity contribution in [2.45, 2.75) is 31.6 Å². The van der Waals surface area contributed by atoms with Crippen LogP contribution in [0.1, 0.15) is 23.1 Å². The molecule has 0 radical (unpaired) electrons. The maximum Gasteiger partial charge on any atom is 0.264 e. The van der Waals surface area contributed by atoms with Crippen LogP contribution in [0.2, 0.25) is 0 Å². The zero-order chi connectivity index (χ0) is 16.6. The van der Waals surface area contributed by atoms with Crippen LogP contribution >= 0.6 is 0 Å². The number of benzene rings is 2. The molecule has 1 aliphatic heterocycles. The average molecular weight is 331 g/mol. The van der Waals surface area contributed by atoms with E-state index in [2.05, 4.69) is 0 Å². The Bertz CT molecular complexity index is 843. The summed E-state index contributed by atoms with van der Waals surface area (Å²) < 4.78 is 33.1. The molecule has 0 fully saturated rings. The molecular weight excluding hydrogens is 310 g/mol. The highest BCUT2D eigenvalue weighted by Crippen LogP contribution is 2.35. The maximum atomic E-state index is 13.2. The summed E-state index contributed by atoms with van der Waals surface area (Å²) >= 11 is 0. The van der Waals surface area contributed by atoms with Crippen molar-refractivity contribution in [3.63, 3.8) is 0 Å². The quantitative estimate of drug-likeness (QED) is 0.865. The third-order valence-electron chi connectivity index (χ3n) is 4.27. The smallest absolute Gasteiger partial charge is 0.264 e. The van der Waals surface area contributed by atoms with Crippen LogP contribution < -0.4 is 9.04 Å². The third-order valence-corrected chi connectivity index (χ3v) is 6.23. The number of ether oxygens (including phenoxy) is 1. The molecule has 0 aliphatic carbocycles. The first-order valence-electron chi connectivity index (χ1n) is 7.70. The zero-order valence-electron chi connectivity index (χ0n) is 13.7. The third kappa shape index (κ3) is 2.81. The molecule has 0 spiro atoms. The van der Waals surface area contributed by atoms with Crippen LogP contribution in [0.4, 0.5) is 5.69 Å². The van der Waals surface area contributed by atoms with Crippen molar-refractivity contribution in [2.75, 3.05) is 18.0 Å². The fraction of sp³-hybridized carbons (Fsp3) is 0.333. The van der Waals surface area contributed by atoms with E-state index < -0.39 is 10.0 Å². The van der Waals surface area contributed by atoms with Gasteiger partial charge in [-0.1, -0.05) is 12.1 Å². The van der Waals surface area contributed by atoms with E-state index in [1.54, 1.807) is 13.2 Å². The molecule has 0 bridgehead atoms. The summed E-state index contributed by atoms with van der Waals surface area (Å²) in [5.74, 6) is 0.759. The van der Waals surface area contributed by atoms with Gasteiger partial charge in [-0.2, -0.15) is 0 Å². The minimum atomic E-state index is -3.56. The van der Waals surface area contributed by atoms with Crippen LogP contribution in [0.3, 0.4) is 0 Å². The molecule has 1 heterocycles. The second kappa shape index (κ2) is 5.89. The number of hydrogen-bond acceptors (Lipinski definition) is 3. The number of methoxy groups -OCH3 is 1. The molecule has 0 N–H and O–H groups in total. The SMILES string of the molecule is COc1ccc2c(c1)CCCN2S(=O)(=O)c1cc(C)ccc1C. The van der Waals surface area contributed by atoms with Crippen molar-refractivity contribution in [1.82, 2.24) is 0 Å². The van der Waals surface area contributed by atoms with Gasteiger partial charge in [0.15, 0.2) is 0 Å². The maximum absolute atomic E-state index is 13.2. The highest BCUT2D eigenvalue weighted by atomic mass is 32.2. The summed E-state index contributed by atoms with van der Waals surface area (Å²) in [5.41, 5.74) is 3.50. The lowest BCUT2D eigenvalue weighted by atomic mass is 10.0. The van der Waals surface area contributed by atoms with Gasteiger partial charge >= 0.3 is 0 Å². The van der Waals surface area contributed by atoms with E-state index in [0.717, 1.165) is 41.0 Å². The molecule has 23 heavy (non-hydrogen) atoms. The van der Waals surface area contributed by atoms with Gasteiger partial charge < -0.3 is 4.74 Å². The summed E-state index contributed by atoms with van der Waals surface area (Å²) in [6, 6.07) is 11.1. The van der Waals surface area contributed by atoms with E-state index in [1.165, 1.54) is 4.31 Å².